The highest BCUT2D eigenvalue weighted by Gasteiger charge is 2.32. The number of carbonyl (C=O) groups excluding carboxylic acids is 2. The number of fused-ring (bicyclic) bond motifs is 1. The van der Waals surface area contributed by atoms with E-state index in [1.807, 2.05) is 30.3 Å². The van der Waals surface area contributed by atoms with Crippen LogP contribution in [0.15, 0.2) is 48.5 Å². The monoisotopic (exact) mass is 352 g/mol. The van der Waals surface area contributed by atoms with Gasteiger partial charge in [0.15, 0.2) is 0 Å². The van der Waals surface area contributed by atoms with Crippen LogP contribution in [0, 0.1) is 0 Å². The lowest BCUT2D eigenvalue weighted by Crippen LogP contribution is -2.49. The van der Waals surface area contributed by atoms with Crippen LogP contribution in [0.4, 0.5) is 5.69 Å². The molecular formula is C21H24N2O3. The lowest BCUT2D eigenvalue weighted by molar-refractivity contribution is -0.136. The van der Waals surface area contributed by atoms with Crippen molar-refractivity contribution in [3.8, 4) is 0 Å². The van der Waals surface area contributed by atoms with E-state index in [1.165, 1.54) is 5.56 Å². The van der Waals surface area contributed by atoms with Crippen LogP contribution in [0.2, 0.25) is 0 Å². The second kappa shape index (κ2) is 7.70. The molecule has 3 N–H and O–H groups in total. The van der Waals surface area contributed by atoms with Gasteiger partial charge in [0.05, 0.1) is 5.60 Å². The minimum Gasteiger partial charge on any atom is -0.388 e. The first-order valence-corrected chi connectivity index (χ1v) is 8.96. The lowest BCUT2D eigenvalue weighted by atomic mass is 9.80. The third-order valence-corrected chi connectivity index (χ3v) is 4.90. The van der Waals surface area contributed by atoms with Crippen molar-refractivity contribution in [2.75, 3.05) is 11.9 Å². The molecule has 2 amide bonds. The molecule has 2 aromatic rings. The smallest absolute Gasteiger partial charge is 0.313 e. The summed E-state index contributed by atoms with van der Waals surface area (Å²) < 4.78 is 0. The molecule has 0 heterocycles. The summed E-state index contributed by atoms with van der Waals surface area (Å²) in [7, 11) is 0. The number of hydrogen-bond acceptors (Lipinski definition) is 3. The molecule has 0 spiro atoms. The quantitative estimate of drug-likeness (QED) is 0.739. The Kier molecular flexibility index (Phi) is 5.38. The fourth-order valence-corrected chi connectivity index (χ4v) is 3.27. The summed E-state index contributed by atoms with van der Waals surface area (Å²) in [4.78, 5) is 24.1. The molecule has 0 saturated heterocycles. The second-order valence-electron chi connectivity index (χ2n) is 6.86. The van der Waals surface area contributed by atoms with Gasteiger partial charge in [-0.1, -0.05) is 43.3 Å². The molecule has 0 aliphatic heterocycles. The van der Waals surface area contributed by atoms with E-state index in [0.29, 0.717) is 18.5 Å². The number of hydrogen-bond donors (Lipinski definition) is 3. The third-order valence-electron chi connectivity index (χ3n) is 4.90. The van der Waals surface area contributed by atoms with E-state index in [9.17, 15) is 14.7 Å². The summed E-state index contributed by atoms with van der Waals surface area (Å²) in [6.45, 7) is 2.11. The third kappa shape index (κ3) is 4.29. The van der Waals surface area contributed by atoms with E-state index < -0.39 is 17.4 Å². The molecule has 5 heteroatoms. The highest BCUT2D eigenvalue weighted by molar-refractivity contribution is 6.39. The number of nitrogens with one attached hydrogen (secondary N) is 2. The van der Waals surface area contributed by atoms with Gasteiger partial charge in [-0.2, -0.15) is 0 Å². The first-order valence-electron chi connectivity index (χ1n) is 8.96. The summed E-state index contributed by atoms with van der Waals surface area (Å²) in [5.74, 6) is -1.47. The Hall–Kier alpha value is -2.66. The Morgan fingerprint density at radius 1 is 1.04 bits per heavy atom. The zero-order chi connectivity index (χ0) is 18.6. The van der Waals surface area contributed by atoms with Crippen molar-refractivity contribution < 1.29 is 14.7 Å². The van der Waals surface area contributed by atoms with Gasteiger partial charge in [0.2, 0.25) is 0 Å². The Bertz CT molecular complexity index is 801. The van der Waals surface area contributed by atoms with Crippen LogP contribution in [0.5, 0.6) is 0 Å². The number of aryl methyl sites for hydroxylation is 2. The van der Waals surface area contributed by atoms with E-state index in [4.69, 9.17) is 0 Å². The summed E-state index contributed by atoms with van der Waals surface area (Å²) >= 11 is 0. The van der Waals surface area contributed by atoms with Crippen molar-refractivity contribution >= 4 is 17.5 Å². The fraction of sp³-hybridized carbons (Fsp3) is 0.333. The van der Waals surface area contributed by atoms with Crippen LogP contribution in [0.1, 0.15) is 30.0 Å². The Labute approximate surface area is 153 Å². The van der Waals surface area contributed by atoms with E-state index in [1.54, 1.807) is 12.1 Å². The van der Waals surface area contributed by atoms with Crippen LogP contribution in [0.25, 0.3) is 0 Å². The van der Waals surface area contributed by atoms with Gasteiger partial charge in [-0.15, -0.1) is 0 Å². The molecule has 5 nitrogen and oxygen atoms in total. The number of rotatable bonds is 4. The second-order valence-corrected chi connectivity index (χ2v) is 6.86. The minimum absolute atomic E-state index is 0.0579. The Morgan fingerprint density at radius 2 is 1.73 bits per heavy atom. The average Bonchev–Trinajstić information content (AvgIpc) is 2.66. The zero-order valence-corrected chi connectivity index (χ0v) is 14.9. The van der Waals surface area contributed by atoms with Crippen LogP contribution in [-0.2, 0) is 28.9 Å². The molecule has 0 aromatic heterocycles. The lowest BCUT2D eigenvalue weighted by Gasteiger charge is -2.33. The molecule has 1 atom stereocenters. The van der Waals surface area contributed by atoms with Gasteiger partial charge in [-0.3, -0.25) is 9.59 Å². The molecule has 2 aromatic carbocycles. The maximum atomic E-state index is 12.1. The van der Waals surface area contributed by atoms with E-state index in [2.05, 4.69) is 23.6 Å². The molecule has 0 bridgehead atoms. The van der Waals surface area contributed by atoms with Gasteiger partial charge < -0.3 is 15.7 Å². The number of amides is 2. The molecule has 3 rings (SSSR count). The van der Waals surface area contributed by atoms with E-state index in [0.717, 1.165) is 24.0 Å². The molecule has 1 unspecified atom stereocenters. The SMILES string of the molecule is CCc1ccc(NC(=O)C(=O)NCC2(O)CCc3ccccc3C2)cc1. The van der Waals surface area contributed by atoms with Crippen LogP contribution in [-0.4, -0.2) is 29.1 Å². The predicted octanol–water partition coefficient (Wildman–Crippen LogP) is 2.22. The fourth-order valence-electron chi connectivity index (χ4n) is 3.27. The average molecular weight is 352 g/mol. The van der Waals surface area contributed by atoms with Crippen LogP contribution < -0.4 is 10.6 Å². The molecule has 1 aliphatic carbocycles. The highest BCUT2D eigenvalue weighted by Crippen LogP contribution is 2.28. The normalized spacial score (nSPS) is 18.7. The van der Waals surface area contributed by atoms with Gasteiger partial charge in [-0.05, 0) is 48.1 Å². The highest BCUT2D eigenvalue weighted by atomic mass is 16.3. The number of carbonyl (C=O) groups is 2. The molecule has 26 heavy (non-hydrogen) atoms. The van der Waals surface area contributed by atoms with Crippen molar-refractivity contribution in [1.82, 2.24) is 5.32 Å². The van der Waals surface area contributed by atoms with Crippen LogP contribution in [0.3, 0.4) is 0 Å². The van der Waals surface area contributed by atoms with Gasteiger partial charge >= 0.3 is 11.8 Å². The van der Waals surface area contributed by atoms with Crippen molar-refractivity contribution in [2.24, 2.45) is 0 Å². The van der Waals surface area contributed by atoms with E-state index >= 15 is 0 Å². The molecule has 136 valence electrons. The number of benzene rings is 2. The summed E-state index contributed by atoms with van der Waals surface area (Å²) in [6, 6.07) is 15.4. The van der Waals surface area contributed by atoms with Crippen molar-refractivity contribution in [3.63, 3.8) is 0 Å². The maximum absolute atomic E-state index is 12.1. The predicted molar refractivity (Wildman–Crippen MR) is 101 cm³/mol. The van der Waals surface area contributed by atoms with Crippen molar-refractivity contribution in [1.29, 1.82) is 0 Å². The van der Waals surface area contributed by atoms with Gasteiger partial charge in [-0.25, -0.2) is 0 Å². The molecular weight excluding hydrogens is 328 g/mol. The summed E-state index contributed by atoms with van der Waals surface area (Å²) in [6.07, 6.45) is 2.71. The molecule has 0 radical (unpaired) electrons. The topological polar surface area (TPSA) is 78.4 Å². The first-order chi connectivity index (χ1) is 12.5. The molecule has 0 saturated carbocycles. The van der Waals surface area contributed by atoms with Gasteiger partial charge in [0.1, 0.15) is 0 Å². The van der Waals surface area contributed by atoms with Crippen molar-refractivity contribution in [3.05, 3.63) is 65.2 Å². The largest absolute Gasteiger partial charge is 0.388 e. The van der Waals surface area contributed by atoms with Crippen molar-refractivity contribution in [2.45, 2.75) is 38.2 Å². The first kappa shape index (κ1) is 18.1. The number of anilines is 1. The summed E-state index contributed by atoms with van der Waals surface area (Å²) in [5.41, 5.74) is 3.04. The molecule has 1 aliphatic rings. The van der Waals surface area contributed by atoms with E-state index in [-0.39, 0.29) is 6.54 Å². The molecule has 0 fully saturated rings. The Balaban J connectivity index is 1.54. The van der Waals surface area contributed by atoms with Crippen LogP contribution >= 0.6 is 0 Å². The number of aliphatic hydroxyl groups is 1. The summed E-state index contributed by atoms with van der Waals surface area (Å²) in [5, 5.41) is 15.9. The zero-order valence-electron chi connectivity index (χ0n) is 14.9. The standard InChI is InChI=1S/C21H24N2O3/c1-2-15-7-9-18(10-8-15)23-20(25)19(24)22-14-21(26)12-11-16-5-3-4-6-17(16)13-21/h3-10,26H,2,11-14H2,1H3,(H,22,24)(H,23,25). The van der Waals surface area contributed by atoms with Gasteiger partial charge in [0, 0.05) is 18.7 Å². The van der Waals surface area contributed by atoms with Gasteiger partial charge in [0.25, 0.3) is 0 Å². The Morgan fingerprint density at radius 3 is 2.42 bits per heavy atom. The minimum atomic E-state index is -1.02. The maximum Gasteiger partial charge on any atom is 0.313 e.